The second-order valence-corrected chi connectivity index (χ2v) is 5.57. The van der Waals surface area contributed by atoms with E-state index in [1.54, 1.807) is 6.92 Å². The maximum atomic E-state index is 12.2. The highest BCUT2D eigenvalue weighted by Gasteiger charge is 2.26. The van der Waals surface area contributed by atoms with Gasteiger partial charge in [-0.25, -0.2) is 22.2 Å². The van der Waals surface area contributed by atoms with Crippen molar-refractivity contribution in [3.63, 3.8) is 0 Å². The summed E-state index contributed by atoms with van der Waals surface area (Å²) in [5.74, 6) is 0.168. The normalized spacial score (nSPS) is 12.1. The summed E-state index contributed by atoms with van der Waals surface area (Å²) < 4.78 is 49.3. The fourth-order valence-corrected chi connectivity index (χ4v) is 2.62. The van der Waals surface area contributed by atoms with Gasteiger partial charge in [-0.05, 0) is 19.1 Å². The molecule has 1 rings (SSSR count). The summed E-state index contributed by atoms with van der Waals surface area (Å²) in [5, 5.41) is 2.79. The first kappa shape index (κ1) is 14.8. The van der Waals surface area contributed by atoms with Crippen molar-refractivity contribution in [2.75, 3.05) is 25.5 Å². The van der Waals surface area contributed by atoms with Gasteiger partial charge in [-0.2, -0.15) is 4.31 Å². The van der Waals surface area contributed by atoms with E-state index in [0.717, 1.165) is 7.05 Å². The number of rotatable bonds is 6. The van der Waals surface area contributed by atoms with Crippen LogP contribution in [0, 0.1) is 0 Å². The zero-order valence-corrected chi connectivity index (χ0v) is 10.9. The van der Waals surface area contributed by atoms with Gasteiger partial charge in [-0.15, -0.1) is 0 Å². The maximum Gasteiger partial charge on any atom is 0.252 e. The van der Waals surface area contributed by atoms with Gasteiger partial charge in [0.15, 0.2) is 0 Å². The lowest BCUT2D eigenvalue weighted by Gasteiger charge is -2.18. The van der Waals surface area contributed by atoms with Gasteiger partial charge in [0.1, 0.15) is 10.7 Å². The molecule has 1 aromatic rings. The number of hydrogen-bond acceptors (Lipinski definition) is 4. The summed E-state index contributed by atoms with van der Waals surface area (Å²) in [4.78, 5) is 3.79. The van der Waals surface area contributed by atoms with Crippen LogP contribution in [0.2, 0.25) is 0 Å². The summed E-state index contributed by atoms with van der Waals surface area (Å²) in [6.45, 7) is 1.43. The molecule has 0 bridgehead atoms. The Labute approximate surface area is 105 Å². The first-order chi connectivity index (χ1) is 8.39. The van der Waals surface area contributed by atoms with Crippen molar-refractivity contribution in [1.82, 2.24) is 9.29 Å². The van der Waals surface area contributed by atoms with Crippen molar-refractivity contribution in [3.05, 3.63) is 18.3 Å². The van der Waals surface area contributed by atoms with Crippen LogP contribution in [0.25, 0.3) is 0 Å². The number of sulfonamides is 1. The Bertz CT molecular complexity index is 494. The average molecular weight is 279 g/mol. The monoisotopic (exact) mass is 279 g/mol. The van der Waals surface area contributed by atoms with Crippen molar-refractivity contribution in [2.45, 2.75) is 18.2 Å². The molecular formula is C10H15F2N3O2S. The van der Waals surface area contributed by atoms with Crippen LogP contribution in [-0.4, -0.2) is 44.3 Å². The number of aromatic nitrogens is 1. The Kier molecular flexibility index (Phi) is 4.97. The molecule has 0 saturated carbocycles. The van der Waals surface area contributed by atoms with E-state index in [4.69, 9.17) is 0 Å². The first-order valence-electron chi connectivity index (χ1n) is 5.33. The quantitative estimate of drug-likeness (QED) is 0.855. The molecule has 8 heteroatoms. The second-order valence-electron chi connectivity index (χ2n) is 3.56. The Morgan fingerprint density at radius 3 is 2.72 bits per heavy atom. The molecule has 1 aromatic heterocycles. The van der Waals surface area contributed by atoms with Gasteiger partial charge in [-0.1, -0.05) is 0 Å². The Morgan fingerprint density at radius 1 is 1.50 bits per heavy atom. The molecule has 0 atom stereocenters. The third-order valence-corrected chi connectivity index (χ3v) is 4.05. The van der Waals surface area contributed by atoms with Crippen LogP contribution in [0.4, 0.5) is 14.6 Å². The zero-order chi connectivity index (χ0) is 13.8. The molecule has 0 saturated heterocycles. The van der Waals surface area contributed by atoms with E-state index in [0.29, 0.717) is 10.8 Å². The molecule has 0 aliphatic carbocycles. The lowest BCUT2D eigenvalue weighted by Crippen LogP contribution is -2.32. The summed E-state index contributed by atoms with van der Waals surface area (Å²) in [5.41, 5.74) is 0. The van der Waals surface area contributed by atoms with E-state index in [2.05, 4.69) is 10.3 Å². The number of pyridine rings is 1. The largest absolute Gasteiger partial charge is 0.369 e. The van der Waals surface area contributed by atoms with Crippen LogP contribution in [0.3, 0.4) is 0 Å². The molecular weight excluding hydrogens is 264 g/mol. The van der Waals surface area contributed by atoms with Crippen molar-refractivity contribution in [1.29, 1.82) is 0 Å². The predicted molar refractivity (Wildman–Crippen MR) is 64.2 cm³/mol. The number of halogens is 2. The molecule has 102 valence electrons. The standard InChI is InChI=1S/C10H15F2N3O2S/c1-3-13-10-8(5-4-6-14-10)18(16,17)15(2)7-9(11)12/h4-6,9H,3,7H2,1-2H3,(H,13,14). The van der Waals surface area contributed by atoms with E-state index >= 15 is 0 Å². The summed E-state index contributed by atoms with van der Waals surface area (Å²) in [7, 11) is -2.84. The highest BCUT2D eigenvalue weighted by Crippen LogP contribution is 2.21. The number of nitrogens with zero attached hydrogens (tertiary/aromatic N) is 2. The number of alkyl halides is 2. The fourth-order valence-electron chi connectivity index (χ4n) is 1.36. The van der Waals surface area contributed by atoms with Gasteiger partial charge in [0.25, 0.3) is 6.43 Å². The molecule has 0 fully saturated rings. The molecule has 0 radical (unpaired) electrons. The SMILES string of the molecule is CCNc1ncccc1S(=O)(=O)N(C)CC(F)F. The number of anilines is 1. The first-order valence-corrected chi connectivity index (χ1v) is 6.77. The maximum absolute atomic E-state index is 12.2. The molecule has 1 heterocycles. The van der Waals surface area contributed by atoms with Crippen molar-refractivity contribution in [2.24, 2.45) is 0 Å². The minimum absolute atomic E-state index is 0.102. The highest BCUT2D eigenvalue weighted by atomic mass is 32.2. The van der Waals surface area contributed by atoms with Crippen LogP contribution in [0.5, 0.6) is 0 Å². The molecule has 5 nitrogen and oxygen atoms in total. The van der Waals surface area contributed by atoms with Gasteiger partial charge < -0.3 is 5.32 Å². The minimum atomic E-state index is -3.96. The summed E-state index contributed by atoms with van der Waals surface area (Å²) in [6, 6.07) is 2.78. The number of nitrogens with one attached hydrogen (secondary N) is 1. The van der Waals surface area contributed by atoms with Gasteiger partial charge >= 0.3 is 0 Å². The Morgan fingerprint density at radius 2 is 2.17 bits per heavy atom. The molecule has 1 N–H and O–H groups in total. The topological polar surface area (TPSA) is 62.3 Å². The highest BCUT2D eigenvalue weighted by molar-refractivity contribution is 7.89. The third-order valence-electron chi connectivity index (χ3n) is 2.20. The van der Waals surface area contributed by atoms with E-state index in [1.807, 2.05) is 0 Å². The van der Waals surface area contributed by atoms with E-state index in [9.17, 15) is 17.2 Å². The van der Waals surface area contributed by atoms with E-state index in [1.165, 1.54) is 18.3 Å². The molecule has 0 aromatic carbocycles. The lowest BCUT2D eigenvalue weighted by atomic mass is 10.4. The second kappa shape index (κ2) is 6.05. The van der Waals surface area contributed by atoms with Gasteiger partial charge in [-0.3, -0.25) is 0 Å². The molecule has 0 spiro atoms. The molecule has 0 aliphatic rings. The Balaban J connectivity index is 3.11. The van der Waals surface area contributed by atoms with Gasteiger partial charge in [0.05, 0.1) is 6.54 Å². The van der Waals surface area contributed by atoms with Crippen molar-refractivity contribution >= 4 is 15.8 Å². The van der Waals surface area contributed by atoms with E-state index in [-0.39, 0.29) is 10.7 Å². The molecule has 18 heavy (non-hydrogen) atoms. The van der Waals surface area contributed by atoms with Crippen molar-refractivity contribution in [3.8, 4) is 0 Å². The predicted octanol–water partition coefficient (Wildman–Crippen LogP) is 1.40. The van der Waals surface area contributed by atoms with Gasteiger partial charge in [0.2, 0.25) is 10.0 Å². The van der Waals surface area contributed by atoms with Crippen LogP contribution < -0.4 is 5.32 Å². The smallest absolute Gasteiger partial charge is 0.252 e. The zero-order valence-electron chi connectivity index (χ0n) is 10.1. The van der Waals surface area contributed by atoms with Crippen LogP contribution in [0.1, 0.15) is 6.92 Å². The molecule has 0 unspecified atom stereocenters. The molecule has 0 amide bonds. The van der Waals surface area contributed by atoms with Crippen LogP contribution in [0.15, 0.2) is 23.2 Å². The summed E-state index contributed by atoms with van der Waals surface area (Å²) in [6.07, 6.45) is -1.28. The third kappa shape index (κ3) is 3.36. The fraction of sp³-hybridized carbons (Fsp3) is 0.500. The average Bonchev–Trinajstić information content (AvgIpc) is 2.29. The van der Waals surface area contributed by atoms with Crippen molar-refractivity contribution < 1.29 is 17.2 Å². The van der Waals surface area contributed by atoms with E-state index < -0.39 is 23.0 Å². The van der Waals surface area contributed by atoms with Crippen LogP contribution >= 0.6 is 0 Å². The number of hydrogen-bond donors (Lipinski definition) is 1. The summed E-state index contributed by atoms with van der Waals surface area (Å²) >= 11 is 0. The van der Waals surface area contributed by atoms with Gasteiger partial charge in [0, 0.05) is 19.8 Å². The Hall–Kier alpha value is -1.28. The van der Waals surface area contributed by atoms with Crippen LogP contribution in [-0.2, 0) is 10.0 Å². The molecule has 0 aliphatic heterocycles. The lowest BCUT2D eigenvalue weighted by molar-refractivity contribution is 0.126. The minimum Gasteiger partial charge on any atom is -0.369 e.